The number of anilines is 2. The summed E-state index contributed by atoms with van der Waals surface area (Å²) in [5.74, 6) is -0.136. The third-order valence-corrected chi connectivity index (χ3v) is 7.47. The summed E-state index contributed by atoms with van der Waals surface area (Å²) in [6.45, 7) is 10.8. The molecule has 0 atom stereocenters. The van der Waals surface area contributed by atoms with E-state index in [1.165, 1.54) is 12.1 Å². The zero-order valence-electron chi connectivity index (χ0n) is 21.9. The van der Waals surface area contributed by atoms with E-state index in [1.807, 2.05) is 25.1 Å². The molecule has 1 amide bonds. The van der Waals surface area contributed by atoms with Crippen molar-refractivity contribution >= 4 is 23.0 Å². The van der Waals surface area contributed by atoms with E-state index in [0.29, 0.717) is 37.1 Å². The molecule has 39 heavy (non-hydrogen) atoms. The molecule has 206 valence electrons. The second kappa shape index (κ2) is 12.4. The highest BCUT2D eigenvalue weighted by Crippen LogP contribution is 2.34. The molecule has 2 aromatic carbocycles. The second-order valence-corrected chi connectivity index (χ2v) is 10.2. The van der Waals surface area contributed by atoms with Crippen LogP contribution in [0, 0.1) is 24.8 Å². The van der Waals surface area contributed by atoms with Gasteiger partial charge >= 0.3 is 6.18 Å². The van der Waals surface area contributed by atoms with Crippen LogP contribution in [0.4, 0.5) is 30.2 Å². The molecule has 4 rings (SSSR count). The van der Waals surface area contributed by atoms with Crippen molar-refractivity contribution in [3.63, 3.8) is 0 Å². The number of nitrogens with zero attached hydrogens (tertiary/aromatic N) is 3. The summed E-state index contributed by atoms with van der Waals surface area (Å²) in [6.07, 6.45) is -0.157. The Labute approximate surface area is 226 Å². The van der Waals surface area contributed by atoms with Crippen molar-refractivity contribution in [1.82, 2.24) is 5.32 Å². The first-order chi connectivity index (χ1) is 18.7. The fourth-order valence-corrected chi connectivity index (χ4v) is 5.28. The molecule has 7 nitrogen and oxygen atoms in total. The number of aryl methyl sites for hydroxylation is 1. The van der Waals surface area contributed by atoms with E-state index in [4.69, 9.17) is 16.6 Å². The average Bonchev–Trinajstić information content (AvgIpc) is 2.92. The maximum Gasteiger partial charge on any atom is 0.417 e. The van der Waals surface area contributed by atoms with Crippen LogP contribution in [0.25, 0.3) is 4.85 Å². The fraction of sp³-hybridized carbons (Fsp3) is 0.483. The summed E-state index contributed by atoms with van der Waals surface area (Å²) < 4.78 is 45.5. The van der Waals surface area contributed by atoms with Gasteiger partial charge in [0.25, 0.3) is 0 Å². The lowest BCUT2D eigenvalue weighted by Gasteiger charge is -2.34. The number of halogens is 3. The van der Waals surface area contributed by atoms with Crippen molar-refractivity contribution in [2.45, 2.75) is 69.8 Å². The highest BCUT2D eigenvalue weighted by Gasteiger charge is 2.34. The van der Waals surface area contributed by atoms with Gasteiger partial charge in [-0.2, -0.15) is 18.4 Å². The lowest BCUT2D eigenvalue weighted by Crippen LogP contribution is -2.46. The summed E-state index contributed by atoms with van der Waals surface area (Å²) in [7, 11) is 0. The Morgan fingerprint density at radius 2 is 1.82 bits per heavy atom. The topological polar surface area (TPSA) is 81.8 Å². The van der Waals surface area contributed by atoms with Gasteiger partial charge in [0.05, 0.1) is 29.9 Å². The third-order valence-electron chi connectivity index (χ3n) is 7.47. The van der Waals surface area contributed by atoms with E-state index in [0.717, 1.165) is 43.2 Å². The number of rotatable bonds is 7. The first-order valence-corrected chi connectivity index (χ1v) is 13.2. The highest BCUT2D eigenvalue weighted by molar-refractivity contribution is 5.77. The molecule has 1 aliphatic carbocycles. The van der Waals surface area contributed by atoms with Gasteiger partial charge in [-0.3, -0.25) is 4.79 Å². The van der Waals surface area contributed by atoms with Gasteiger partial charge in [-0.05, 0) is 81.3 Å². The number of benzene rings is 2. The van der Waals surface area contributed by atoms with Crippen LogP contribution in [0.1, 0.15) is 55.2 Å². The number of alkyl halides is 3. The lowest BCUT2D eigenvalue weighted by atomic mass is 9.92. The monoisotopic (exact) mass is 539 g/mol. The van der Waals surface area contributed by atoms with E-state index in [1.54, 1.807) is 6.07 Å². The zero-order valence-corrected chi connectivity index (χ0v) is 21.9. The van der Waals surface area contributed by atoms with Gasteiger partial charge in [0.2, 0.25) is 5.91 Å². The maximum atomic E-state index is 13.2. The molecule has 10 heteroatoms. The Kier molecular flexibility index (Phi) is 8.98. The summed E-state index contributed by atoms with van der Waals surface area (Å²) >= 11 is 0. The number of carbonyl (C=O) groups excluding carboxylic acids is 1. The molecule has 1 saturated carbocycles. The minimum absolute atomic E-state index is 0.000705. The van der Waals surface area contributed by atoms with Crippen LogP contribution < -0.4 is 15.5 Å². The Balaban J connectivity index is 1.16. The van der Waals surface area contributed by atoms with Gasteiger partial charge in [-0.15, -0.1) is 0 Å². The largest absolute Gasteiger partial charge is 0.417 e. The van der Waals surface area contributed by atoms with Gasteiger partial charge < -0.3 is 20.3 Å². The molecule has 2 aromatic rings. The summed E-state index contributed by atoms with van der Waals surface area (Å²) in [5, 5.41) is 15.2. The van der Waals surface area contributed by atoms with Crippen molar-refractivity contribution < 1.29 is 22.7 Å². The number of piperidine rings is 1. The quantitative estimate of drug-likeness (QED) is 0.425. The fourth-order valence-electron chi connectivity index (χ4n) is 5.28. The molecule has 0 aromatic heterocycles. The smallest absolute Gasteiger partial charge is 0.382 e. The molecule has 0 spiro atoms. The van der Waals surface area contributed by atoms with Crippen molar-refractivity contribution in [3.8, 4) is 6.07 Å². The van der Waals surface area contributed by atoms with Crippen molar-refractivity contribution in [2.24, 2.45) is 0 Å². The number of carbonyl (C=O) groups is 1. The van der Waals surface area contributed by atoms with Gasteiger partial charge in [-0.1, -0.05) is 6.07 Å². The predicted octanol–water partition coefficient (Wildman–Crippen LogP) is 5.96. The van der Waals surface area contributed by atoms with Gasteiger partial charge in [0, 0.05) is 36.5 Å². The molecule has 1 heterocycles. The molecule has 1 saturated heterocycles. The second-order valence-electron chi connectivity index (χ2n) is 10.2. The molecule has 2 aliphatic rings. The van der Waals surface area contributed by atoms with Crippen LogP contribution >= 0.6 is 0 Å². The van der Waals surface area contributed by atoms with Gasteiger partial charge in [0.15, 0.2) is 5.69 Å². The Morgan fingerprint density at radius 3 is 2.44 bits per heavy atom. The molecular formula is C29H32F3N5O2. The predicted molar refractivity (Wildman–Crippen MR) is 143 cm³/mol. The third kappa shape index (κ3) is 7.42. The van der Waals surface area contributed by atoms with Crippen LogP contribution in [0.15, 0.2) is 36.4 Å². The number of hydrogen-bond donors (Lipinski definition) is 2. The van der Waals surface area contributed by atoms with Crippen LogP contribution in [0.5, 0.6) is 0 Å². The number of nitriles is 1. The Morgan fingerprint density at radius 1 is 1.10 bits per heavy atom. The van der Waals surface area contributed by atoms with Crippen LogP contribution in [0.3, 0.4) is 0 Å². The normalized spacial score (nSPS) is 20.1. The average molecular weight is 540 g/mol. The zero-order chi connectivity index (χ0) is 28.0. The van der Waals surface area contributed by atoms with E-state index >= 15 is 0 Å². The molecule has 2 fully saturated rings. The van der Waals surface area contributed by atoms with Crippen molar-refractivity contribution in [1.29, 1.82) is 5.26 Å². The Bertz CT molecular complexity index is 1250. The molecule has 0 radical (unpaired) electrons. The van der Waals surface area contributed by atoms with Crippen LogP contribution in [0.2, 0.25) is 0 Å². The summed E-state index contributed by atoms with van der Waals surface area (Å²) in [4.78, 5) is 18.3. The number of ether oxygens (including phenoxy) is 1. The standard InChI is InChI=1S/C29H32F3N5O2/c1-19-15-24(7-10-27(19)34-2)37-13-11-22(12-14-37)36-28(38)18-39-25-8-5-21(6-9-25)35-23-4-3-20(17-33)26(16-23)29(30,31)32/h3-4,7,10,15-16,21-22,25,35H,5-6,8-9,11-14,18H2,1H3,(H,36,38). The number of amides is 1. The van der Waals surface area contributed by atoms with Crippen LogP contribution in [-0.4, -0.2) is 43.8 Å². The first kappa shape index (κ1) is 28.3. The van der Waals surface area contributed by atoms with E-state index in [9.17, 15) is 18.0 Å². The molecular weight excluding hydrogens is 507 g/mol. The molecule has 0 bridgehead atoms. The number of hydrogen-bond acceptors (Lipinski definition) is 5. The van der Waals surface area contributed by atoms with Crippen molar-refractivity contribution in [3.05, 3.63) is 64.5 Å². The van der Waals surface area contributed by atoms with E-state index in [2.05, 4.69) is 20.4 Å². The number of nitrogens with one attached hydrogen (secondary N) is 2. The van der Waals surface area contributed by atoms with Crippen molar-refractivity contribution in [2.75, 3.05) is 29.9 Å². The van der Waals surface area contributed by atoms with Gasteiger partial charge in [0.1, 0.15) is 6.61 Å². The Hall–Kier alpha value is -3.76. The van der Waals surface area contributed by atoms with Crippen LogP contribution in [-0.2, 0) is 15.7 Å². The summed E-state index contributed by atoms with van der Waals surface area (Å²) in [5.41, 5.74) is 1.73. The highest BCUT2D eigenvalue weighted by atomic mass is 19.4. The minimum Gasteiger partial charge on any atom is -0.382 e. The van der Waals surface area contributed by atoms with E-state index < -0.39 is 17.3 Å². The SMILES string of the molecule is [C-]#[N+]c1ccc(N2CCC(NC(=O)COC3CCC(Nc4ccc(C#N)c(C(F)(F)F)c4)CC3)CC2)cc1C. The maximum absolute atomic E-state index is 13.2. The molecule has 0 unspecified atom stereocenters. The summed E-state index contributed by atoms with van der Waals surface area (Å²) in [6, 6.07) is 11.2. The van der Waals surface area contributed by atoms with E-state index in [-0.39, 0.29) is 30.7 Å². The lowest BCUT2D eigenvalue weighted by molar-refractivity contribution is -0.137. The molecule has 2 N–H and O–H groups in total. The first-order valence-electron chi connectivity index (χ1n) is 13.2. The molecule has 1 aliphatic heterocycles. The minimum atomic E-state index is -4.59. The van der Waals surface area contributed by atoms with Gasteiger partial charge in [-0.25, -0.2) is 4.85 Å².